The molecule has 0 saturated heterocycles. The number of nitrogens with zero attached hydrogens (tertiary/aromatic N) is 3. The Hall–Kier alpha value is -3.66. The van der Waals surface area contributed by atoms with Crippen LogP contribution in [0.4, 0.5) is 8.78 Å². The molecule has 0 unspecified atom stereocenters. The molecule has 1 N–H and O–H groups in total. The Kier molecular flexibility index (Phi) is 5.00. The molecule has 0 spiro atoms. The van der Waals surface area contributed by atoms with Crippen molar-refractivity contribution in [1.82, 2.24) is 19.7 Å². The second-order valence-corrected chi connectivity index (χ2v) is 8.33. The van der Waals surface area contributed by atoms with Gasteiger partial charge in [0.25, 0.3) is 5.91 Å². The number of halogens is 2. The number of carbonyl (C=O) groups excluding carboxylic acids is 1. The lowest BCUT2D eigenvalue weighted by molar-refractivity contribution is 0.0950. The molecule has 4 aromatic rings. The van der Waals surface area contributed by atoms with E-state index >= 15 is 0 Å². The first kappa shape index (κ1) is 19.6. The summed E-state index contributed by atoms with van der Waals surface area (Å²) in [6, 6.07) is 8.17. The molecule has 0 aliphatic carbocycles. The average molecular weight is 428 g/mol. The molecule has 0 aliphatic rings. The summed E-state index contributed by atoms with van der Waals surface area (Å²) in [4.78, 5) is 20.0. The Morgan fingerprint density at radius 3 is 2.47 bits per heavy atom. The average Bonchev–Trinajstić information content (AvgIpc) is 3.22. The highest BCUT2D eigenvalue weighted by atomic mass is 32.2. The number of benzene rings is 2. The number of rotatable bonds is 5. The SMILES string of the molecule is O=C(NCc1ccc(S(=O)(=O)c2ccc(F)c(F)c2)cc1)c1cnc2nccn2c1. The van der Waals surface area contributed by atoms with Crippen molar-refractivity contribution < 1.29 is 22.0 Å². The predicted molar refractivity (Wildman–Crippen MR) is 102 cm³/mol. The molecule has 0 saturated carbocycles. The van der Waals surface area contributed by atoms with E-state index in [0.29, 0.717) is 23.0 Å². The Balaban J connectivity index is 1.46. The number of amides is 1. The predicted octanol–water partition coefficient (Wildman–Crippen LogP) is 2.77. The van der Waals surface area contributed by atoms with E-state index in [4.69, 9.17) is 0 Å². The minimum Gasteiger partial charge on any atom is -0.348 e. The van der Waals surface area contributed by atoms with Crippen LogP contribution in [0, 0.1) is 11.6 Å². The lowest BCUT2D eigenvalue weighted by atomic mass is 10.2. The van der Waals surface area contributed by atoms with Gasteiger partial charge in [0, 0.05) is 31.3 Å². The molecule has 0 radical (unpaired) electrons. The third-order valence-corrected chi connectivity index (χ3v) is 6.16. The van der Waals surface area contributed by atoms with Gasteiger partial charge in [0.05, 0.1) is 15.4 Å². The van der Waals surface area contributed by atoms with Crippen LogP contribution in [0.5, 0.6) is 0 Å². The Bertz CT molecular complexity index is 1350. The molecule has 30 heavy (non-hydrogen) atoms. The molecule has 0 fully saturated rings. The van der Waals surface area contributed by atoms with Gasteiger partial charge in [0.2, 0.25) is 15.6 Å². The molecule has 2 aromatic heterocycles. The van der Waals surface area contributed by atoms with Crippen LogP contribution in [0.2, 0.25) is 0 Å². The molecule has 152 valence electrons. The summed E-state index contributed by atoms with van der Waals surface area (Å²) in [6.45, 7) is 0.159. The Labute approximate surface area is 170 Å². The van der Waals surface area contributed by atoms with E-state index in [1.807, 2.05) is 0 Å². The summed E-state index contributed by atoms with van der Waals surface area (Å²) >= 11 is 0. The largest absolute Gasteiger partial charge is 0.348 e. The summed E-state index contributed by atoms with van der Waals surface area (Å²) in [6.07, 6.45) is 6.25. The van der Waals surface area contributed by atoms with Crippen molar-refractivity contribution in [3.05, 3.63) is 90.0 Å². The molecule has 4 rings (SSSR count). The molecule has 2 aromatic carbocycles. The summed E-state index contributed by atoms with van der Waals surface area (Å²) in [5.41, 5.74) is 1.00. The van der Waals surface area contributed by atoms with Gasteiger partial charge in [-0.25, -0.2) is 27.2 Å². The van der Waals surface area contributed by atoms with Crippen molar-refractivity contribution >= 4 is 21.5 Å². The lowest BCUT2D eigenvalue weighted by Crippen LogP contribution is -2.23. The lowest BCUT2D eigenvalue weighted by Gasteiger charge is -2.08. The van der Waals surface area contributed by atoms with Gasteiger partial charge in [-0.2, -0.15) is 0 Å². The number of imidazole rings is 1. The summed E-state index contributed by atoms with van der Waals surface area (Å²) < 4.78 is 53.2. The van der Waals surface area contributed by atoms with Crippen molar-refractivity contribution in [1.29, 1.82) is 0 Å². The highest BCUT2D eigenvalue weighted by Crippen LogP contribution is 2.22. The zero-order valence-corrected chi connectivity index (χ0v) is 16.1. The van der Waals surface area contributed by atoms with Crippen LogP contribution in [-0.4, -0.2) is 28.7 Å². The van der Waals surface area contributed by atoms with E-state index < -0.39 is 21.5 Å². The molecule has 7 nitrogen and oxygen atoms in total. The Morgan fingerprint density at radius 2 is 1.73 bits per heavy atom. The van der Waals surface area contributed by atoms with Gasteiger partial charge in [-0.15, -0.1) is 0 Å². The first-order valence-corrected chi connectivity index (χ1v) is 10.2. The van der Waals surface area contributed by atoms with Crippen LogP contribution in [0.25, 0.3) is 5.78 Å². The minimum absolute atomic E-state index is 0.0710. The molecule has 1 amide bonds. The van der Waals surface area contributed by atoms with Gasteiger partial charge in [0.15, 0.2) is 11.6 Å². The number of nitrogens with one attached hydrogen (secondary N) is 1. The third-order valence-electron chi connectivity index (χ3n) is 4.40. The second-order valence-electron chi connectivity index (χ2n) is 6.38. The van der Waals surface area contributed by atoms with Gasteiger partial charge >= 0.3 is 0 Å². The van der Waals surface area contributed by atoms with E-state index in [2.05, 4.69) is 15.3 Å². The van der Waals surface area contributed by atoms with Crippen molar-refractivity contribution in [2.24, 2.45) is 0 Å². The third kappa shape index (κ3) is 3.77. The second kappa shape index (κ2) is 7.64. The normalized spacial score (nSPS) is 11.5. The van der Waals surface area contributed by atoms with E-state index in [1.165, 1.54) is 30.5 Å². The highest BCUT2D eigenvalue weighted by Gasteiger charge is 2.19. The number of sulfone groups is 1. The number of carbonyl (C=O) groups is 1. The van der Waals surface area contributed by atoms with Crippen LogP contribution >= 0.6 is 0 Å². The zero-order chi connectivity index (χ0) is 21.3. The van der Waals surface area contributed by atoms with E-state index in [9.17, 15) is 22.0 Å². The molecule has 2 heterocycles. The van der Waals surface area contributed by atoms with Crippen molar-refractivity contribution in [2.45, 2.75) is 16.3 Å². The van der Waals surface area contributed by atoms with Gasteiger partial charge in [-0.05, 0) is 35.9 Å². The fraction of sp³-hybridized carbons (Fsp3) is 0.0500. The summed E-state index contributed by atoms with van der Waals surface area (Å²) in [5, 5.41) is 2.72. The molecule has 0 atom stereocenters. The highest BCUT2D eigenvalue weighted by molar-refractivity contribution is 7.91. The smallest absolute Gasteiger partial charge is 0.254 e. The number of aromatic nitrogens is 3. The van der Waals surface area contributed by atoms with E-state index in [1.54, 1.807) is 23.0 Å². The summed E-state index contributed by atoms with van der Waals surface area (Å²) in [5.74, 6) is -2.23. The fourth-order valence-corrected chi connectivity index (χ4v) is 4.06. The molecule has 0 bridgehead atoms. The summed E-state index contributed by atoms with van der Waals surface area (Å²) in [7, 11) is -4.00. The number of hydrogen-bond acceptors (Lipinski definition) is 5. The first-order valence-electron chi connectivity index (χ1n) is 8.70. The van der Waals surface area contributed by atoms with Gasteiger partial charge in [0.1, 0.15) is 0 Å². The van der Waals surface area contributed by atoms with Gasteiger partial charge in [-0.1, -0.05) is 12.1 Å². The van der Waals surface area contributed by atoms with E-state index in [0.717, 1.165) is 12.1 Å². The molecular weight excluding hydrogens is 414 g/mol. The van der Waals surface area contributed by atoms with E-state index in [-0.39, 0.29) is 22.2 Å². The van der Waals surface area contributed by atoms with Gasteiger partial charge in [-0.3, -0.25) is 9.20 Å². The Morgan fingerprint density at radius 1 is 1.00 bits per heavy atom. The van der Waals surface area contributed by atoms with Crippen LogP contribution in [0.15, 0.2) is 77.0 Å². The minimum atomic E-state index is -4.00. The maximum atomic E-state index is 13.4. The fourth-order valence-electron chi connectivity index (χ4n) is 2.78. The molecule has 10 heteroatoms. The number of fused-ring (bicyclic) bond motifs is 1. The van der Waals surface area contributed by atoms with Crippen molar-refractivity contribution in [3.63, 3.8) is 0 Å². The number of hydrogen-bond donors (Lipinski definition) is 1. The maximum Gasteiger partial charge on any atom is 0.254 e. The van der Waals surface area contributed by atoms with Gasteiger partial charge < -0.3 is 5.32 Å². The monoisotopic (exact) mass is 428 g/mol. The maximum absolute atomic E-state index is 13.4. The van der Waals surface area contributed by atoms with Crippen LogP contribution in [0.3, 0.4) is 0 Å². The molecule has 0 aliphatic heterocycles. The van der Waals surface area contributed by atoms with Crippen molar-refractivity contribution in [2.75, 3.05) is 0 Å². The van der Waals surface area contributed by atoms with Crippen LogP contribution in [-0.2, 0) is 16.4 Å². The van der Waals surface area contributed by atoms with Crippen molar-refractivity contribution in [3.8, 4) is 0 Å². The van der Waals surface area contributed by atoms with Crippen LogP contribution < -0.4 is 5.32 Å². The zero-order valence-electron chi connectivity index (χ0n) is 15.3. The topological polar surface area (TPSA) is 93.4 Å². The quantitative estimate of drug-likeness (QED) is 0.494. The standard InChI is InChI=1S/C20H14F2N4O3S/c21-17-6-5-16(9-18(17)22)30(28,29)15-3-1-13(2-4-15)10-24-19(27)14-11-25-20-23-7-8-26(20)12-14/h1-9,11-12H,10H2,(H,24,27). The first-order chi connectivity index (χ1) is 14.3. The molecular formula is C20H14F2N4O3S. The van der Waals surface area contributed by atoms with Crippen LogP contribution in [0.1, 0.15) is 15.9 Å².